The molecule has 31 heavy (non-hydrogen) atoms. The van der Waals surface area contributed by atoms with Crippen LogP contribution in [0.3, 0.4) is 0 Å². The van der Waals surface area contributed by atoms with Crippen LogP contribution in [0, 0.1) is 6.92 Å². The van der Waals surface area contributed by atoms with Crippen LogP contribution >= 0.6 is 0 Å². The van der Waals surface area contributed by atoms with Crippen LogP contribution < -0.4 is 0 Å². The number of rotatable bonds is 11. The maximum Gasteiger partial charge on any atom is 0.122 e. The molecular weight excluding hydrogens is 388 g/mol. The van der Waals surface area contributed by atoms with Crippen LogP contribution in [0.4, 0.5) is 0 Å². The van der Waals surface area contributed by atoms with Crippen LogP contribution in [-0.2, 0) is 11.2 Å². The summed E-state index contributed by atoms with van der Waals surface area (Å²) in [6.45, 7) is 12.0. The van der Waals surface area contributed by atoms with E-state index in [1.807, 2.05) is 12.9 Å². The van der Waals surface area contributed by atoms with Gasteiger partial charge in [0.05, 0.1) is 5.76 Å². The van der Waals surface area contributed by atoms with Gasteiger partial charge in [0.25, 0.3) is 0 Å². The van der Waals surface area contributed by atoms with Gasteiger partial charge in [-0.05, 0) is 103 Å². The third-order valence-electron chi connectivity index (χ3n) is 5.08. The van der Waals surface area contributed by atoms with Crippen molar-refractivity contribution in [3.05, 3.63) is 70.0 Å². The predicted molar refractivity (Wildman–Crippen MR) is 131 cm³/mol. The molecule has 1 aromatic carbocycles. The van der Waals surface area contributed by atoms with Crippen molar-refractivity contribution in [3.63, 3.8) is 0 Å². The third-order valence-corrected chi connectivity index (χ3v) is 5.08. The lowest BCUT2D eigenvalue weighted by molar-refractivity contribution is -0.0980. The number of phenols is 2. The Balaban J connectivity index is 0.00000436. The summed E-state index contributed by atoms with van der Waals surface area (Å²) >= 11 is 0. The number of carbonyl (C=O) groups is 1. The molecule has 0 heterocycles. The molecule has 0 aromatic heterocycles. The standard InChI is InChI=1S/C26H38O3.CH2O/c1-19(9-6-10-20(2)13-8-14-23(5)27)11-7-12-21(3)15-16-24-18-25(28)17-22(4)26(24)29;1-2/h10-11,14-15,17-18,27-29H,6-9,12-13,16H2,1-5H3;1H2/b19-11+,20-10+,21-15+,23-14?;. The monoisotopic (exact) mass is 428 g/mol. The highest BCUT2D eigenvalue weighted by Crippen LogP contribution is 2.28. The SMILES string of the molecule is C=O.CC(O)=CCC/C(C)=C/CC/C(C)=C/CC/C(C)=C/Cc1cc(O)cc(C)c1O. The number of carbonyl (C=O) groups excluding carboxylic acids is 1. The van der Waals surface area contributed by atoms with E-state index >= 15 is 0 Å². The average Bonchev–Trinajstić information content (AvgIpc) is 2.70. The Bertz CT molecular complexity index is 794. The summed E-state index contributed by atoms with van der Waals surface area (Å²) in [4.78, 5) is 8.00. The Morgan fingerprint density at radius 1 is 0.806 bits per heavy atom. The predicted octanol–water partition coefficient (Wildman–Crippen LogP) is 7.41. The van der Waals surface area contributed by atoms with E-state index in [0.717, 1.165) is 44.1 Å². The molecule has 3 N–H and O–H groups in total. The number of aromatic hydroxyl groups is 2. The Morgan fingerprint density at radius 3 is 1.74 bits per heavy atom. The summed E-state index contributed by atoms with van der Waals surface area (Å²) in [6.07, 6.45) is 15.3. The van der Waals surface area contributed by atoms with Crippen molar-refractivity contribution in [1.29, 1.82) is 0 Å². The van der Waals surface area contributed by atoms with Crippen molar-refractivity contribution in [3.8, 4) is 11.5 Å². The summed E-state index contributed by atoms with van der Waals surface area (Å²) in [5, 5.41) is 29.0. The first-order chi connectivity index (χ1) is 14.7. The van der Waals surface area contributed by atoms with Gasteiger partial charge in [-0.15, -0.1) is 0 Å². The largest absolute Gasteiger partial charge is 0.513 e. The zero-order chi connectivity index (χ0) is 23.8. The number of allylic oxidation sites excluding steroid dienone is 8. The van der Waals surface area contributed by atoms with Gasteiger partial charge >= 0.3 is 0 Å². The van der Waals surface area contributed by atoms with Gasteiger partial charge in [0.2, 0.25) is 0 Å². The Hall–Kier alpha value is -2.75. The van der Waals surface area contributed by atoms with Gasteiger partial charge in [-0.2, -0.15) is 0 Å². The lowest BCUT2D eigenvalue weighted by Crippen LogP contribution is -1.88. The second-order valence-corrected chi connectivity index (χ2v) is 8.09. The molecule has 0 radical (unpaired) electrons. The van der Waals surface area contributed by atoms with Crippen molar-refractivity contribution in [2.75, 3.05) is 0 Å². The molecule has 0 aliphatic rings. The number of benzene rings is 1. The third kappa shape index (κ3) is 13.2. The number of aryl methyl sites for hydroxylation is 1. The zero-order valence-electron chi connectivity index (χ0n) is 19.9. The fourth-order valence-corrected chi connectivity index (χ4v) is 3.18. The first-order valence-electron chi connectivity index (χ1n) is 10.8. The Labute approximate surface area is 188 Å². The Kier molecular flexibility index (Phi) is 14.6. The molecule has 0 saturated heterocycles. The molecule has 0 saturated carbocycles. The van der Waals surface area contributed by atoms with E-state index in [9.17, 15) is 15.3 Å². The first kappa shape index (κ1) is 28.2. The van der Waals surface area contributed by atoms with Gasteiger partial charge < -0.3 is 20.1 Å². The highest BCUT2D eigenvalue weighted by molar-refractivity contribution is 5.46. The van der Waals surface area contributed by atoms with Gasteiger partial charge in [0.1, 0.15) is 18.3 Å². The molecule has 1 aromatic rings. The van der Waals surface area contributed by atoms with E-state index in [0.29, 0.717) is 17.7 Å². The molecule has 172 valence electrons. The van der Waals surface area contributed by atoms with Crippen molar-refractivity contribution in [2.45, 2.75) is 79.6 Å². The van der Waals surface area contributed by atoms with Crippen LogP contribution in [0.2, 0.25) is 0 Å². The molecule has 0 bridgehead atoms. The Morgan fingerprint density at radius 2 is 1.26 bits per heavy atom. The second-order valence-electron chi connectivity index (χ2n) is 8.09. The lowest BCUT2D eigenvalue weighted by Gasteiger charge is -2.07. The van der Waals surface area contributed by atoms with Crippen LogP contribution in [0.1, 0.15) is 77.3 Å². The second kappa shape index (κ2) is 16.0. The van der Waals surface area contributed by atoms with E-state index in [-0.39, 0.29) is 11.5 Å². The maximum absolute atomic E-state index is 10.1. The summed E-state index contributed by atoms with van der Waals surface area (Å²) in [5.74, 6) is 0.868. The van der Waals surface area contributed by atoms with Gasteiger partial charge in [-0.3, -0.25) is 0 Å². The summed E-state index contributed by atoms with van der Waals surface area (Å²) in [6, 6.07) is 3.21. The molecular formula is C27H40O4. The number of phenolic OH excluding ortho intramolecular Hbond substituents is 2. The molecule has 0 spiro atoms. The van der Waals surface area contributed by atoms with Crippen LogP contribution in [-0.4, -0.2) is 22.1 Å². The van der Waals surface area contributed by atoms with Gasteiger partial charge in [-0.25, -0.2) is 0 Å². The molecule has 0 aliphatic carbocycles. The van der Waals surface area contributed by atoms with Gasteiger partial charge in [-0.1, -0.05) is 34.9 Å². The normalized spacial score (nSPS) is 13.1. The minimum Gasteiger partial charge on any atom is -0.513 e. The molecule has 1 rings (SSSR count). The fourth-order valence-electron chi connectivity index (χ4n) is 3.18. The van der Waals surface area contributed by atoms with E-state index in [2.05, 4.69) is 39.0 Å². The van der Waals surface area contributed by atoms with Crippen molar-refractivity contribution in [2.24, 2.45) is 0 Å². The molecule has 4 nitrogen and oxygen atoms in total. The van der Waals surface area contributed by atoms with Crippen LogP contribution in [0.5, 0.6) is 11.5 Å². The highest BCUT2D eigenvalue weighted by atomic mass is 16.3. The van der Waals surface area contributed by atoms with E-state index in [1.165, 1.54) is 16.7 Å². The van der Waals surface area contributed by atoms with Crippen molar-refractivity contribution in [1.82, 2.24) is 0 Å². The van der Waals surface area contributed by atoms with E-state index in [4.69, 9.17) is 4.79 Å². The molecule has 0 amide bonds. The quantitative estimate of drug-likeness (QED) is 0.195. The van der Waals surface area contributed by atoms with Crippen LogP contribution in [0.25, 0.3) is 0 Å². The van der Waals surface area contributed by atoms with E-state index in [1.54, 1.807) is 26.0 Å². The molecule has 0 unspecified atom stereocenters. The topological polar surface area (TPSA) is 77.8 Å². The average molecular weight is 429 g/mol. The van der Waals surface area contributed by atoms with Crippen LogP contribution in [0.15, 0.2) is 58.9 Å². The fraction of sp³-hybridized carbons (Fsp3) is 0.444. The lowest BCUT2D eigenvalue weighted by atomic mass is 10.0. The summed E-state index contributed by atoms with van der Waals surface area (Å²) in [5.41, 5.74) is 5.54. The zero-order valence-corrected chi connectivity index (χ0v) is 19.9. The smallest absolute Gasteiger partial charge is 0.122 e. The number of hydrogen-bond acceptors (Lipinski definition) is 4. The minimum absolute atomic E-state index is 0.198. The van der Waals surface area contributed by atoms with Crippen molar-refractivity contribution >= 4 is 6.79 Å². The minimum atomic E-state index is 0.198. The number of hydrogen-bond donors (Lipinski definition) is 3. The van der Waals surface area contributed by atoms with E-state index < -0.39 is 0 Å². The summed E-state index contributed by atoms with van der Waals surface area (Å²) in [7, 11) is 0. The maximum atomic E-state index is 10.1. The first-order valence-corrected chi connectivity index (χ1v) is 10.8. The molecule has 0 fully saturated rings. The number of aliphatic hydroxyl groups is 1. The highest BCUT2D eigenvalue weighted by Gasteiger charge is 2.05. The van der Waals surface area contributed by atoms with Gasteiger partial charge in [0.15, 0.2) is 0 Å². The summed E-state index contributed by atoms with van der Waals surface area (Å²) < 4.78 is 0. The van der Waals surface area contributed by atoms with Gasteiger partial charge in [0, 0.05) is 5.56 Å². The van der Waals surface area contributed by atoms with Crippen molar-refractivity contribution < 1.29 is 20.1 Å². The molecule has 0 atom stereocenters. The number of aliphatic hydroxyl groups excluding tert-OH is 1. The molecule has 0 aliphatic heterocycles. The molecule has 4 heteroatoms.